The van der Waals surface area contributed by atoms with Crippen LogP contribution in [0.2, 0.25) is 0 Å². The van der Waals surface area contributed by atoms with Crippen LogP contribution >= 0.6 is 0 Å². The van der Waals surface area contributed by atoms with E-state index >= 15 is 0 Å². The lowest BCUT2D eigenvalue weighted by atomic mass is 9.82. The van der Waals surface area contributed by atoms with Gasteiger partial charge in [0.05, 0.1) is 5.41 Å². The summed E-state index contributed by atoms with van der Waals surface area (Å²) >= 11 is 0. The number of piperidine rings is 1. The molecule has 2 aromatic rings. The van der Waals surface area contributed by atoms with Gasteiger partial charge in [0.2, 0.25) is 11.9 Å². The van der Waals surface area contributed by atoms with Crippen LogP contribution in [0.15, 0.2) is 42.1 Å². The fraction of sp³-hybridized carbons (Fsp3) is 0.476. The molecule has 2 aliphatic rings. The zero-order chi connectivity index (χ0) is 19.6. The summed E-state index contributed by atoms with van der Waals surface area (Å²) in [6.07, 6.45) is 10.9. The van der Waals surface area contributed by atoms with Crippen LogP contribution in [0, 0.1) is 11.3 Å². The molecular formula is C21H28N6O. The van der Waals surface area contributed by atoms with E-state index in [2.05, 4.69) is 26.8 Å². The van der Waals surface area contributed by atoms with Crippen LogP contribution in [0.1, 0.15) is 38.3 Å². The molecule has 28 heavy (non-hydrogen) atoms. The Morgan fingerprint density at radius 3 is 2.93 bits per heavy atom. The minimum atomic E-state index is -0.626. The van der Waals surface area contributed by atoms with E-state index in [0.717, 1.165) is 36.8 Å². The number of carbonyl (C=O) groups excluding carboxylic acids is 1. The molecule has 1 aliphatic heterocycles. The molecular weight excluding hydrogens is 352 g/mol. The topological polar surface area (TPSA) is 97.3 Å². The largest absolute Gasteiger partial charge is 0.369 e. The molecule has 3 heterocycles. The molecule has 4 N–H and O–H groups in total. The third-order valence-electron chi connectivity index (χ3n) is 5.90. The number of rotatable bonds is 6. The quantitative estimate of drug-likeness (QED) is 0.715. The Morgan fingerprint density at radius 1 is 1.39 bits per heavy atom. The predicted octanol–water partition coefficient (Wildman–Crippen LogP) is 2.41. The highest BCUT2D eigenvalue weighted by Gasteiger charge is 2.29. The SMILES string of the molecule is CC1(C(N)=O)C=CC(Nc2nc3cccc(CCC4CCNCC4)n3n2)=CC1. The molecule has 7 heteroatoms. The van der Waals surface area contributed by atoms with Gasteiger partial charge in [-0.2, -0.15) is 4.98 Å². The number of hydrogen-bond acceptors (Lipinski definition) is 5. The number of anilines is 1. The van der Waals surface area contributed by atoms with E-state index in [1.165, 1.54) is 25.0 Å². The predicted molar refractivity (Wildman–Crippen MR) is 110 cm³/mol. The first kappa shape index (κ1) is 18.7. The zero-order valence-corrected chi connectivity index (χ0v) is 16.3. The first-order chi connectivity index (χ1) is 13.5. The molecule has 1 atom stereocenters. The Bertz CT molecular complexity index is 924. The second kappa shape index (κ2) is 7.75. The van der Waals surface area contributed by atoms with Gasteiger partial charge in [-0.25, -0.2) is 4.52 Å². The summed E-state index contributed by atoms with van der Waals surface area (Å²) in [7, 11) is 0. The fourth-order valence-corrected chi connectivity index (χ4v) is 3.86. The molecule has 0 bridgehead atoms. The number of fused-ring (bicyclic) bond motifs is 1. The Morgan fingerprint density at radius 2 is 2.21 bits per heavy atom. The van der Waals surface area contributed by atoms with Crippen molar-refractivity contribution in [3.8, 4) is 0 Å². The van der Waals surface area contributed by atoms with Crippen molar-refractivity contribution in [3.63, 3.8) is 0 Å². The number of aryl methyl sites for hydroxylation is 1. The molecule has 1 aliphatic carbocycles. The average molecular weight is 380 g/mol. The van der Waals surface area contributed by atoms with Crippen LogP contribution in [-0.4, -0.2) is 33.6 Å². The Labute approximate surface area is 165 Å². The molecule has 1 amide bonds. The molecule has 0 spiro atoms. The normalized spacial score (nSPS) is 23.0. The number of allylic oxidation sites excluding steroid dienone is 2. The molecule has 0 aromatic carbocycles. The number of nitrogens with one attached hydrogen (secondary N) is 2. The first-order valence-electron chi connectivity index (χ1n) is 10.1. The summed E-state index contributed by atoms with van der Waals surface area (Å²) in [5, 5.41) is 11.3. The Hall–Kier alpha value is -2.67. The van der Waals surface area contributed by atoms with E-state index in [4.69, 9.17) is 5.73 Å². The van der Waals surface area contributed by atoms with Gasteiger partial charge >= 0.3 is 0 Å². The smallest absolute Gasteiger partial charge is 0.247 e. The third kappa shape index (κ3) is 3.94. The lowest BCUT2D eigenvalue weighted by Crippen LogP contribution is -2.33. The van der Waals surface area contributed by atoms with Gasteiger partial charge in [-0.1, -0.05) is 18.2 Å². The number of pyridine rings is 1. The number of primary amides is 1. The number of aromatic nitrogens is 3. The lowest BCUT2D eigenvalue weighted by molar-refractivity contribution is -0.124. The molecule has 1 saturated heterocycles. The van der Waals surface area contributed by atoms with E-state index in [0.29, 0.717) is 12.4 Å². The summed E-state index contributed by atoms with van der Waals surface area (Å²) in [6, 6.07) is 6.15. The number of amides is 1. The fourth-order valence-electron chi connectivity index (χ4n) is 3.86. The van der Waals surface area contributed by atoms with Crippen molar-refractivity contribution < 1.29 is 4.79 Å². The van der Waals surface area contributed by atoms with Crippen LogP contribution in [-0.2, 0) is 11.2 Å². The van der Waals surface area contributed by atoms with Crippen LogP contribution in [0.3, 0.4) is 0 Å². The Kier molecular flexibility index (Phi) is 5.17. The van der Waals surface area contributed by atoms with E-state index in [1.807, 2.05) is 41.8 Å². The van der Waals surface area contributed by atoms with E-state index in [-0.39, 0.29) is 5.91 Å². The van der Waals surface area contributed by atoms with Crippen molar-refractivity contribution in [2.24, 2.45) is 17.1 Å². The Balaban J connectivity index is 1.45. The van der Waals surface area contributed by atoms with Crippen molar-refractivity contribution >= 4 is 17.5 Å². The summed E-state index contributed by atoms with van der Waals surface area (Å²) in [4.78, 5) is 16.2. The molecule has 7 nitrogen and oxygen atoms in total. The van der Waals surface area contributed by atoms with E-state index in [9.17, 15) is 4.79 Å². The second-order valence-corrected chi connectivity index (χ2v) is 8.06. The van der Waals surface area contributed by atoms with Gasteiger partial charge in [0.1, 0.15) is 0 Å². The van der Waals surface area contributed by atoms with Gasteiger partial charge in [0.25, 0.3) is 0 Å². The van der Waals surface area contributed by atoms with Crippen LogP contribution in [0.4, 0.5) is 5.95 Å². The standard InChI is InChI=1S/C21H28N6O/c1-21(19(22)28)11-7-16(8-12-21)24-20-25-18-4-2-3-17(27(18)26-20)6-5-15-9-13-23-14-10-15/h2-4,7-8,11,15,23H,5-6,9-10,12-14H2,1H3,(H2,22,28)(H,24,26). The van der Waals surface area contributed by atoms with Gasteiger partial charge in [-0.3, -0.25) is 4.79 Å². The highest BCUT2D eigenvalue weighted by molar-refractivity contribution is 5.83. The van der Waals surface area contributed by atoms with Crippen LogP contribution in [0.25, 0.3) is 5.65 Å². The van der Waals surface area contributed by atoms with Crippen molar-refractivity contribution in [1.29, 1.82) is 0 Å². The monoisotopic (exact) mass is 380 g/mol. The van der Waals surface area contributed by atoms with E-state index in [1.54, 1.807) is 0 Å². The minimum absolute atomic E-state index is 0.316. The average Bonchev–Trinajstić information content (AvgIpc) is 3.12. The van der Waals surface area contributed by atoms with Gasteiger partial charge in [-0.05, 0) is 76.2 Å². The van der Waals surface area contributed by atoms with Gasteiger partial charge < -0.3 is 16.4 Å². The number of carbonyl (C=O) groups is 1. The van der Waals surface area contributed by atoms with Crippen molar-refractivity contribution in [3.05, 3.63) is 47.8 Å². The van der Waals surface area contributed by atoms with E-state index < -0.39 is 5.41 Å². The van der Waals surface area contributed by atoms with Crippen molar-refractivity contribution in [2.75, 3.05) is 18.4 Å². The van der Waals surface area contributed by atoms with Gasteiger partial charge in [0.15, 0.2) is 5.65 Å². The summed E-state index contributed by atoms with van der Waals surface area (Å²) < 4.78 is 1.93. The zero-order valence-electron chi connectivity index (χ0n) is 16.3. The van der Waals surface area contributed by atoms with Gasteiger partial charge in [0, 0.05) is 11.4 Å². The highest BCUT2D eigenvalue weighted by atomic mass is 16.1. The maximum atomic E-state index is 11.6. The first-order valence-corrected chi connectivity index (χ1v) is 10.1. The maximum absolute atomic E-state index is 11.6. The molecule has 1 fully saturated rings. The number of nitrogens with zero attached hydrogens (tertiary/aromatic N) is 3. The van der Waals surface area contributed by atoms with Crippen LogP contribution < -0.4 is 16.4 Å². The molecule has 1 unspecified atom stereocenters. The minimum Gasteiger partial charge on any atom is -0.369 e. The van der Waals surface area contributed by atoms with Crippen molar-refractivity contribution in [1.82, 2.24) is 19.9 Å². The number of hydrogen-bond donors (Lipinski definition) is 3. The van der Waals surface area contributed by atoms with Crippen molar-refractivity contribution in [2.45, 2.75) is 39.0 Å². The molecule has 2 aromatic heterocycles. The summed E-state index contributed by atoms with van der Waals surface area (Å²) in [5.41, 5.74) is 7.76. The number of nitrogens with two attached hydrogens (primary N) is 1. The summed E-state index contributed by atoms with van der Waals surface area (Å²) in [6.45, 7) is 4.10. The van der Waals surface area contributed by atoms with Crippen LogP contribution in [0.5, 0.6) is 0 Å². The van der Waals surface area contributed by atoms with Gasteiger partial charge in [-0.15, -0.1) is 5.10 Å². The highest BCUT2D eigenvalue weighted by Crippen LogP contribution is 2.29. The lowest BCUT2D eigenvalue weighted by Gasteiger charge is -2.24. The maximum Gasteiger partial charge on any atom is 0.247 e. The summed E-state index contributed by atoms with van der Waals surface area (Å²) in [5.74, 6) is 1.03. The molecule has 0 radical (unpaired) electrons. The second-order valence-electron chi connectivity index (χ2n) is 8.06. The third-order valence-corrected chi connectivity index (χ3v) is 5.90. The molecule has 0 saturated carbocycles. The molecule has 148 valence electrons. The molecule has 4 rings (SSSR count).